The van der Waals surface area contributed by atoms with E-state index in [2.05, 4.69) is 39.6 Å². The summed E-state index contributed by atoms with van der Waals surface area (Å²) >= 11 is 0. The molecule has 0 unspecified atom stereocenters. The molecule has 0 aromatic rings. The molecule has 0 aromatic heterocycles. The van der Waals surface area contributed by atoms with Crippen molar-refractivity contribution in [2.24, 2.45) is 11.8 Å². The lowest BCUT2D eigenvalue weighted by Crippen LogP contribution is -2.45. The molecule has 0 atom stereocenters. The molecule has 1 fully saturated rings. The Morgan fingerprint density at radius 2 is 1.56 bits per heavy atom. The average Bonchev–Trinajstić information content (AvgIpc) is 2.26. The van der Waals surface area contributed by atoms with Crippen molar-refractivity contribution in [1.29, 1.82) is 0 Å². The van der Waals surface area contributed by atoms with Crippen LogP contribution in [0.15, 0.2) is 0 Å². The van der Waals surface area contributed by atoms with Crippen LogP contribution in [0.1, 0.15) is 79.1 Å². The summed E-state index contributed by atoms with van der Waals surface area (Å²) in [6.45, 7) is 9.29. The third-order valence-electron chi connectivity index (χ3n) is 4.98. The van der Waals surface area contributed by atoms with Gasteiger partial charge < -0.3 is 4.90 Å². The standard InChI is InChI=1S/C17H35N/c1-6-8-15(9-7-2)10-11-16-12-17(13-16)18(5)14(3)4/h14-17H,6-13H2,1-5H3. The van der Waals surface area contributed by atoms with Crippen LogP contribution in [0.3, 0.4) is 0 Å². The third kappa shape index (κ3) is 4.91. The molecule has 0 bridgehead atoms. The molecule has 0 N–H and O–H groups in total. The van der Waals surface area contributed by atoms with Crippen molar-refractivity contribution < 1.29 is 0 Å². The van der Waals surface area contributed by atoms with Crippen LogP contribution in [0.4, 0.5) is 0 Å². The van der Waals surface area contributed by atoms with E-state index in [1.54, 1.807) is 0 Å². The van der Waals surface area contributed by atoms with Crippen LogP contribution in [0.2, 0.25) is 0 Å². The van der Waals surface area contributed by atoms with E-state index in [1.165, 1.54) is 51.4 Å². The highest BCUT2D eigenvalue weighted by atomic mass is 15.2. The molecule has 0 radical (unpaired) electrons. The minimum absolute atomic E-state index is 0.712. The van der Waals surface area contributed by atoms with Crippen LogP contribution in [-0.4, -0.2) is 24.0 Å². The van der Waals surface area contributed by atoms with E-state index in [0.717, 1.165) is 17.9 Å². The highest BCUT2D eigenvalue weighted by molar-refractivity contribution is 4.87. The Balaban J connectivity index is 2.15. The van der Waals surface area contributed by atoms with Gasteiger partial charge in [0.15, 0.2) is 0 Å². The molecule has 0 spiro atoms. The molecule has 0 saturated heterocycles. The summed E-state index contributed by atoms with van der Waals surface area (Å²) in [5, 5.41) is 0. The highest BCUT2D eigenvalue weighted by Gasteiger charge is 2.32. The zero-order chi connectivity index (χ0) is 13.5. The lowest BCUT2D eigenvalue weighted by atomic mass is 9.75. The number of rotatable bonds is 9. The summed E-state index contributed by atoms with van der Waals surface area (Å²) in [6.07, 6.45) is 11.5. The highest BCUT2D eigenvalue weighted by Crippen LogP contribution is 2.37. The minimum Gasteiger partial charge on any atom is -0.301 e. The van der Waals surface area contributed by atoms with Gasteiger partial charge in [-0.25, -0.2) is 0 Å². The van der Waals surface area contributed by atoms with Gasteiger partial charge >= 0.3 is 0 Å². The molecule has 108 valence electrons. The Morgan fingerprint density at radius 3 is 2.00 bits per heavy atom. The predicted octanol–water partition coefficient (Wildman–Crippen LogP) is 5.10. The maximum absolute atomic E-state index is 2.56. The van der Waals surface area contributed by atoms with Gasteiger partial charge in [0.05, 0.1) is 0 Å². The second-order valence-corrected chi connectivity index (χ2v) is 6.77. The van der Waals surface area contributed by atoms with Gasteiger partial charge in [-0.2, -0.15) is 0 Å². The summed E-state index contributed by atoms with van der Waals surface area (Å²) in [4.78, 5) is 2.56. The first-order chi connectivity index (χ1) is 8.58. The first-order valence-corrected chi connectivity index (χ1v) is 8.30. The second-order valence-electron chi connectivity index (χ2n) is 6.77. The van der Waals surface area contributed by atoms with E-state index in [-0.39, 0.29) is 0 Å². The van der Waals surface area contributed by atoms with Gasteiger partial charge in [0.1, 0.15) is 0 Å². The Hall–Kier alpha value is -0.0400. The van der Waals surface area contributed by atoms with Crippen LogP contribution >= 0.6 is 0 Å². The molecule has 1 saturated carbocycles. The van der Waals surface area contributed by atoms with Crippen LogP contribution in [0.5, 0.6) is 0 Å². The third-order valence-corrected chi connectivity index (χ3v) is 4.98. The molecule has 1 heteroatoms. The lowest BCUT2D eigenvalue weighted by molar-refractivity contribution is 0.0691. The summed E-state index contributed by atoms with van der Waals surface area (Å²) in [6, 6.07) is 1.59. The average molecular weight is 253 g/mol. The monoisotopic (exact) mass is 253 g/mol. The summed E-state index contributed by atoms with van der Waals surface area (Å²) in [7, 11) is 2.29. The van der Waals surface area contributed by atoms with E-state index in [9.17, 15) is 0 Å². The Labute approximate surface area is 115 Å². The molecule has 1 nitrogen and oxygen atoms in total. The zero-order valence-electron chi connectivity index (χ0n) is 13.4. The first kappa shape index (κ1) is 16.0. The van der Waals surface area contributed by atoms with Crippen LogP contribution in [-0.2, 0) is 0 Å². The topological polar surface area (TPSA) is 3.24 Å². The second kappa shape index (κ2) is 8.19. The molecule has 1 aliphatic carbocycles. The van der Waals surface area contributed by atoms with Gasteiger partial charge in [-0.3, -0.25) is 0 Å². The smallest absolute Gasteiger partial charge is 0.0100 e. The lowest BCUT2D eigenvalue weighted by Gasteiger charge is -2.43. The first-order valence-electron chi connectivity index (χ1n) is 8.30. The fraction of sp³-hybridized carbons (Fsp3) is 1.00. The molecule has 18 heavy (non-hydrogen) atoms. The zero-order valence-corrected chi connectivity index (χ0v) is 13.4. The molecule has 1 rings (SSSR count). The van der Waals surface area contributed by atoms with Gasteiger partial charge in [0.2, 0.25) is 0 Å². The largest absolute Gasteiger partial charge is 0.301 e. The Morgan fingerprint density at radius 1 is 1.00 bits per heavy atom. The number of hydrogen-bond acceptors (Lipinski definition) is 1. The van der Waals surface area contributed by atoms with Crippen LogP contribution in [0, 0.1) is 11.8 Å². The van der Waals surface area contributed by atoms with Crippen molar-refractivity contribution in [2.75, 3.05) is 7.05 Å². The molecule has 0 aromatic carbocycles. The van der Waals surface area contributed by atoms with Gasteiger partial charge in [-0.05, 0) is 45.6 Å². The van der Waals surface area contributed by atoms with E-state index in [4.69, 9.17) is 0 Å². The molecule has 0 heterocycles. The molecular weight excluding hydrogens is 218 g/mol. The maximum Gasteiger partial charge on any atom is 0.0100 e. The predicted molar refractivity (Wildman–Crippen MR) is 82.0 cm³/mol. The fourth-order valence-electron chi connectivity index (χ4n) is 3.41. The van der Waals surface area contributed by atoms with E-state index >= 15 is 0 Å². The van der Waals surface area contributed by atoms with Gasteiger partial charge in [-0.15, -0.1) is 0 Å². The minimum atomic E-state index is 0.712. The van der Waals surface area contributed by atoms with E-state index in [0.29, 0.717) is 6.04 Å². The van der Waals surface area contributed by atoms with E-state index < -0.39 is 0 Å². The fourth-order valence-corrected chi connectivity index (χ4v) is 3.41. The molecule has 0 aliphatic heterocycles. The normalized spacial score (nSPS) is 24.0. The number of nitrogens with zero attached hydrogens (tertiary/aromatic N) is 1. The van der Waals surface area contributed by atoms with Crippen LogP contribution in [0.25, 0.3) is 0 Å². The molecule has 0 amide bonds. The van der Waals surface area contributed by atoms with Gasteiger partial charge in [-0.1, -0.05) is 52.4 Å². The van der Waals surface area contributed by atoms with Crippen molar-refractivity contribution in [3.63, 3.8) is 0 Å². The Bertz CT molecular complexity index is 200. The van der Waals surface area contributed by atoms with Crippen molar-refractivity contribution in [1.82, 2.24) is 4.90 Å². The quantitative estimate of drug-likeness (QED) is 0.552. The summed E-state index contributed by atoms with van der Waals surface area (Å²) in [5.41, 5.74) is 0. The van der Waals surface area contributed by atoms with Crippen molar-refractivity contribution >= 4 is 0 Å². The Kier molecular flexibility index (Phi) is 7.29. The SMILES string of the molecule is CCCC(CCC)CCC1CC(N(C)C(C)C)C1. The summed E-state index contributed by atoms with van der Waals surface area (Å²) in [5.74, 6) is 2.05. The molecule has 1 aliphatic rings. The maximum atomic E-state index is 2.56. The molecular formula is C17H35N. The van der Waals surface area contributed by atoms with Gasteiger partial charge in [0.25, 0.3) is 0 Å². The van der Waals surface area contributed by atoms with Crippen molar-refractivity contribution in [2.45, 2.75) is 91.1 Å². The van der Waals surface area contributed by atoms with Gasteiger partial charge in [0, 0.05) is 12.1 Å². The summed E-state index contributed by atoms with van der Waals surface area (Å²) < 4.78 is 0. The van der Waals surface area contributed by atoms with Crippen molar-refractivity contribution in [3.8, 4) is 0 Å². The number of hydrogen-bond donors (Lipinski definition) is 0. The van der Waals surface area contributed by atoms with Crippen molar-refractivity contribution in [3.05, 3.63) is 0 Å². The van der Waals surface area contributed by atoms with Crippen LogP contribution < -0.4 is 0 Å². The van der Waals surface area contributed by atoms with E-state index in [1.807, 2.05) is 0 Å².